The summed E-state index contributed by atoms with van der Waals surface area (Å²) >= 11 is 12.5. The molecule has 4 rings (SSSR count). The number of carbonyl (C=O) groups is 2. The molecule has 0 saturated heterocycles. The van der Waals surface area contributed by atoms with Crippen molar-refractivity contribution in [3.05, 3.63) is 93.6 Å². The summed E-state index contributed by atoms with van der Waals surface area (Å²) in [6, 6.07) is 19.5. The fourth-order valence-corrected chi connectivity index (χ4v) is 3.88. The number of ether oxygens (including phenoxy) is 1. The minimum Gasteiger partial charge on any atom is -0.492 e. The zero-order chi connectivity index (χ0) is 22.8. The highest BCUT2D eigenvalue weighted by Gasteiger charge is 2.41. The third kappa shape index (κ3) is 3.97. The van der Waals surface area contributed by atoms with Crippen molar-refractivity contribution in [1.82, 2.24) is 0 Å². The number of hydrogen-bond acceptors (Lipinski definition) is 4. The Labute approximate surface area is 196 Å². The third-order valence-electron chi connectivity index (χ3n) is 5.04. The van der Waals surface area contributed by atoms with Crippen LogP contribution in [0.4, 0.5) is 11.4 Å². The quantitative estimate of drug-likeness (QED) is 0.446. The van der Waals surface area contributed by atoms with E-state index in [2.05, 4.69) is 5.32 Å². The summed E-state index contributed by atoms with van der Waals surface area (Å²) in [7, 11) is 0. The highest BCUT2D eigenvalue weighted by Crippen LogP contribution is 2.40. The van der Waals surface area contributed by atoms with E-state index < -0.39 is 11.8 Å². The molecular weight excluding hydrogens is 447 g/mol. The highest BCUT2D eigenvalue weighted by atomic mass is 35.5. The normalized spacial score (nSPS) is 13.7. The molecule has 3 aromatic rings. The second kappa shape index (κ2) is 9.07. The number of nitrogens with zero attached hydrogens (tertiary/aromatic N) is 1. The van der Waals surface area contributed by atoms with Gasteiger partial charge in [-0.15, -0.1) is 0 Å². The number of anilines is 2. The van der Waals surface area contributed by atoms with Gasteiger partial charge in [-0.1, -0.05) is 71.2 Å². The van der Waals surface area contributed by atoms with E-state index in [-0.39, 0.29) is 27.0 Å². The first kappa shape index (κ1) is 21.9. The predicted octanol–water partition coefficient (Wildman–Crippen LogP) is 6.10. The smallest absolute Gasteiger partial charge is 0.282 e. The Kier molecular flexibility index (Phi) is 6.21. The minimum atomic E-state index is -0.527. The molecule has 3 aromatic carbocycles. The molecule has 0 bridgehead atoms. The predicted molar refractivity (Wildman–Crippen MR) is 128 cm³/mol. The highest BCUT2D eigenvalue weighted by molar-refractivity contribution is 6.50. The van der Waals surface area contributed by atoms with Crippen molar-refractivity contribution in [2.24, 2.45) is 0 Å². The van der Waals surface area contributed by atoms with Crippen molar-refractivity contribution < 1.29 is 14.3 Å². The van der Waals surface area contributed by atoms with Gasteiger partial charge in [-0.2, -0.15) is 0 Å². The summed E-state index contributed by atoms with van der Waals surface area (Å²) in [6.07, 6.45) is 0. The van der Waals surface area contributed by atoms with Gasteiger partial charge >= 0.3 is 0 Å². The molecule has 5 nitrogen and oxygen atoms in total. The molecule has 0 aliphatic carbocycles. The molecule has 0 radical (unpaired) electrons. The van der Waals surface area contributed by atoms with E-state index in [0.29, 0.717) is 23.6 Å². The lowest BCUT2D eigenvalue weighted by molar-refractivity contribution is -0.120. The van der Waals surface area contributed by atoms with Crippen LogP contribution in [-0.2, 0) is 9.59 Å². The Bertz CT molecular complexity index is 1240. The molecular formula is C25H20Cl2N2O3. The van der Waals surface area contributed by atoms with Crippen molar-refractivity contribution >= 4 is 52.0 Å². The van der Waals surface area contributed by atoms with Gasteiger partial charge in [-0.05, 0) is 43.7 Å². The van der Waals surface area contributed by atoms with Gasteiger partial charge in [0.25, 0.3) is 11.8 Å². The molecule has 0 fully saturated rings. The maximum absolute atomic E-state index is 13.6. The van der Waals surface area contributed by atoms with Gasteiger partial charge in [-0.25, -0.2) is 4.90 Å². The zero-order valence-corrected chi connectivity index (χ0v) is 19.0. The number of halogens is 2. The van der Waals surface area contributed by atoms with Gasteiger partial charge in [0.2, 0.25) is 0 Å². The zero-order valence-electron chi connectivity index (χ0n) is 17.5. The van der Waals surface area contributed by atoms with E-state index in [1.54, 1.807) is 30.3 Å². The van der Waals surface area contributed by atoms with Gasteiger partial charge in [0.05, 0.1) is 33.6 Å². The number of hydrogen-bond donors (Lipinski definition) is 1. The van der Waals surface area contributed by atoms with E-state index in [1.807, 2.05) is 50.2 Å². The average molecular weight is 467 g/mol. The van der Waals surface area contributed by atoms with E-state index in [0.717, 1.165) is 10.5 Å². The fourth-order valence-electron chi connectivity index (χ4n) is 3.50. The van der Waals surface area contributed by atoms with E-state index in [9.17, 15) is 9.59 Å². The number of nitrogens with one attached hydrogen (secondary N) is 1. The maximum atomic E-state index is 13.6. The number of benzene rings is 3. The van der Waals surface area contributed by atoms with E-state index in [1.165, 1.54) is 0 Å². The van der Waals surface area contributed by atoms with E-state index >= 15 is 0 Å². The summed E-state index contributed by atoms with van der Waals surface area (Å²) in [5.74, 6) is -0.439. The molecule has 7 heteroatoms. The van der Waals surface area contributed by atoms with Crippen LogP contribution in [0, 0.1) is 6.92 Å². The summed E-state index contributed by atoms with van der Waals surface area (Å²) in [4.78, 5) is 28.1. The topological polar surface area (TPSA) is 58.6 Å². The first-order valence-corrected chi connectivity index (χ1v) is 10.8. The standard InChI is InChI=1S/C25H20Cl2N2O3/c1-3-32-20-10-5-4-8-18(20)28-23-21(16-13-11-15(2)12-14-16)24(30)29(25(23)31)19-9-6-7-17(26)22(19)27/h4-14,28H,3H2,1-2H3. The largest absolute Gasteiger partial charge is 0.492 e. The Morgan fingerprint density at radius 3 is 2.34 bits per heavy atom. The molecule has 162 valence electrons. The summed E-state index contributed by atoms with van der Waals surface area (Å²) in [5, 5.41) is 3.53. The Morgan fingerprint density at radius 1 is 0.906 bits per heavy atom. The lowest BCUT2D eigenvalue weighted by Crippen LogP contribution is -2.32. The van der Waals surface area contributed by atoms with Crippen LogP contribution in [-0.4, -0.2) is 18.4 Å². The van der Waals surface area contributed by atoms with Crippen LogP contribution in [0.3, 0.4) is 0 Å². The van der Waals surface area contributed by atoms with Crippen LogP contribution < -0.4 is 15.0 Å². The molecule has 32 heavy (non-hydrogen) atoms. The van der Waals surface area contributed by atoms with Crippen LogP contribution in [0.2, 0.25) is 10.0 Å². The molecule has 1 N–H and O–H groups in total. The van der Waals surface area contributed by atoms with Gasteiger partial charge < -0.3 is 10.1 Å². The fraction of sp³-hybridized carbons (Fsp3) is 0.120. The lowest BCUT2D eigenvalue weighted by Gasteiger charge is -2.18. The van der Waals surface area contributed by atoms with E-state index in [4.69, 9.17) is 27.9 Å². The monoisotopic (exact) mass is 466 g/mol. The second-order valence-electron chi connectivity index (χ2n) is 7.19. The van der Waals surface area contributed by atoms with Crippen LogP contribution >= 0.6 is 23.2 Å². The van der Waals surface area contributed by atoms with Gasteiger partial charge in [0.15, 0.2) is 0 Å². The molecule has 1 heterocycles. The molecule has 0 atom stereocenters. The van der Waals surface area contributed by atoms with Crippen molar-refractivity contribution in [2.45, 2.75) is 13.8 Å². The second-order valence-corrected chi connectivity index (χ2v) is 7.97. The average Bonchev–Trinajstić information content (AvgIpc) is 3.02. The van der Waals surface area contributed by atoms with Crippen LogP contribution in [0.5, 0.6) is 5.75 Å². The van der Waals surface area contributed by atoms with Gasteiger partial charge in [-0.3, -0.25) is 9.59 Å². The van der Waals surface area contributed by atoms with Crippen LogP contribution in [0.25, 0.3) is 5.57 Å². The van der Waals surface area contributed by atoms with Crippen molar-refractivity contribution in [3.8, 4) is 5.75 Å². The minimum absolute atomic E-state index is 0.134. The molecule has 0 unspecified atom stereocenters. The van der Waals surface area contributed by atoms with Gasteiger partial charge in [0.1, 0.15) is 11.4 Å². The number of amides is 2. The number of para-hydroxylation sites is 2. The summed E-state index contributed by atoms with van der Waals surface area (Å²) in [5.41, 5.74) is 2.85. The van der Waals surface area contributed by atoms with Crippen molar-refractivity contribution in [3.63, 3.8) is 0 Å². The summed E-state index contributed by atoms with van der Waals surface area (Å²) in [6.45, 7) is 4.29. The molecule has 1 aliphatic heterocycles. The Balaban J connectivity index is 1.86. The maximum Gasteiger partial charge on any atom is 0.282 e. The molecule has 0 saturated carbocycles. The number of rotatable bonds is 6. The summed E-state index contributed by atoms with van der Waals surface area (Å²) < 4.78 is 5.68. The first-order chi connectivity index (χ1) is 15.4. The number of carbonyl (C=O) groups excluding carboxylic acids is 2. The van der Waals surface area contributed by atoms with Crippen molar-refractivity contribution in [2.75, 3.05) is 16.8 Å². The Hall–Kier alpha value is -3.28. The van der Waals surface area contributed by atoms with Crippen molar-refractivity contribution in [1.29, 1.82) is 0 Å². The van der Waals surface area contributed by atoms with Crippen LogP contribution in [0.15, 0.2) is 72.4 Å². The van der Waals surface area contributed by atoms with Gasteiger partial charge in [0, 0.05) is 0 Å². The number of imide groups is 1. The third-order valence-corrected chi connectivity index (χ3v) is 5.85. The Morgan fingerprint density at radius 2 is 1.62 bits per heavy atom. The molecule has 0 spiro atoms. The SMILES string of the molecule is CCOc1ccccc1NC1=C(c2ccc(C)cc2)C(=O)N(c2cccc(Cl)c2Cl)C1=O. The molecule has 2 amide bonds. The first-order valence-electron chi connectivity index (χ1n) is 10.0. The van der Waals surface area contributed by atoms with Crippen LogP contribution in [0.1, 0.15) is 18.1 Å². The lowest BCUT2D eigenvalue weighted by atomic mass is 10.0. The molecule has 0 aromatic heterocycles. The molecule has 1 aliphatic rings. The number of aryl methyl sites for hydroxylation is 1.